The Morgan fingerprint density at radius 3 is 2.30 bits per heavy atom. The lowest BCUT2D eigenvalue weighted by molar-refractivity contribution is -0.115. The van der Waals surface area contributed by atoms with Crippen LogP contribution < -0.4 is 4.90 Å². The number of Topliss-reactive ketones (excluding diaryl/α,β-unsaturated/α-hetero) is 1. The first-order valence-corrected chi connectivity index (χ1v) is 11.9. The zero-order valence-electron chi connectivity index (χ0n) is 18.4. The largest absolute Gasteiger partial charge is 0.300 e. The van der Waals surface area contributed by atoms with Crippen molar-refractivity contribution in [3.63, 3.8) is 0 Å². The van der Waals surface area contributed by atoms with Crippen molar-refractivity contribution in [2.24, 2.45) is 0 Å². The van der Waals surface area contributed by atoms with Crippen LogP contribution in [0.2, 0.25) is 0 Å². The van der Waals surface area contributed by atoms with Crippen molar-refractivity contribution >= 4 is 41.1 Å². The molecule has 0 bridgehead atoms. The van der Waals surface area contributed by atoms with Gasteiger partial charge >= 0.3 is 0 Å². The van der Waals surface area contributed by atoms with E-state index in [4.69, 9.17) is 12.2 Å². The lowest BCUT2D eigenvalue weighted by Gasteiger charge is -2.39. The van der Waals surface area contributed by atoms with E-state index in [2.05, 4.69) is 28.2 Å². The number of fused-ring (bicyclic) bond motifs is 2. The van der Waals surface area contributed by atoms with Gasteiger partial charge in [-0.15, -0.1) is 0 Å². The topological polar surface area (TPSA) is 42.3 Å². The second-order valence-corrected chi connectivity index (χ2v) is 10.3. The van der Waals surface area contributed by atoms with Gasteiger partial charge in [0.1, 0.15) is 4.64 Å². The lowest BCUT2D eigenvalue weighted by Crippen LogP contribution is -2.46. The zero-order valence-corrected chi connectivity index (χ0v) is 20.0. The highest BCUT2D eigenvalue weighted by molar-refractivity contribution is 7.71. The normalized spacial score (nSPS) is 15.5. The Balaban J connectivity index is 1.67. The first-order valence-electron chi connectivity index (χ1n) is 10.8. The van der Waals surface area contributed by atoms with E-state index >= 15 is 0 Å². The van der Waals surface area contributed by atoms with Gasteiger partial charge < -0.3 is 0 Å². The molecule has 0 saturated carbocycles. The molecular formula is C27H20N2O2S2. The molecule has 0 aliphatic carbocycles. The number of aromatic nitrogens is 1. The summed E-state index contributed by atoms with van der Waals surface area (Å²) in [6.45, 7) is 5.87. The molecule has 0 fully saturated rings. The number of hydrogen-bond donors (Lipinski definition) is 0. The van der Waals surface area contributed by atoms with Gasteiger partial charge in [-0.05, 0) is 38.0 Å². The zero-order chi connectivity index (χ0) is 23.1. The summed E-state index contributed by atoms with van der Waals surface area (Å²) in [7, 11) is 0. The number of nitrogens with zero attached hydrogens (tertiary/aromatic N) is 2. The Bertz CT molecular complexity index is 1560. The van der Waals surface area contributed by atoms with Gasteiger partial charge in [0.05, 0.1) is 27.4 Å². The number of carbonyl (C=O) groups is 2. The fraction of sp³-hybridized carbons (Fsp3) is 0.148. The molecule has 2 aliphatic heterocycles. The van der Waals surface area contributed by atoms with Crippen molar-refractivity contribution in [3.05, 3.63) is 87.4 Å². The summed E-state index contributed by atoms with van der Waals surface area (Å²) < 4.78 is 2.79. The summed E-state index contributed by atoms with van der Waals surface area (Å²) in [4.78, 5) is 28.7. The number of benzene rings is 3. The lowest BCUT2D eigenvalue weighted by atomic mass is 9.87. The Kier molecular flexibility index (Phi) is 4.19. The maximum absolute atomic E-state index is 13.1. The minimum Gasteiger partial charge on any atom is -0.294 e. The van der Waals surface area contributed by atoms with Crippen molar-refractivity contribution in [1.29, 1.82) is 0 Å². The standard InChI is InChI=1S/C27H20N2O2S2/c1-15-13-14-18-21-24(27(2,3)28-22(18)20(15)23(30)25(28)31)33-29(26(21)32)19-12-8-7-11-17(19)16-9-5-4-6-10-16/h4-14H,1-3H3. The van der Waals surface area contributed by atoms with Crippen molar-refractivity contribution in [1.82, 2.24) is 3.96 Å². The Hall–Kier alpha value is -3.35. The third-order valence-electron chi connectivity index (χ3n) is 6.63. The van der Waals surface area contributed by atoms with Gasteiger partial charge in [-0.25, -0.2) is 0 Å². The van der Waals surface area contributed by atoms with Gasteiger partial charge in [-0.3, -0.25) is 18.4 Å². The molecular weight excluding hydrogens is 448 g/mol. The van der Waals surface area contributed by atoms with Gasteiger partial charge in [-0.1, -0.05) is 84.4 Å². The van der Waals surface area contributed by atoms with Crippen LogP contribution in [0.1, 0.15) is 34.6 Å². The highest BCUT2D eigenvalue weighted by Gasteiger charge is 2.51. The summed E-state index contributed by atoms with van der Waals surface area (Å²) in [5.74, 6) is -0.896. The average Bonchev–Trinajstić information content (AvgIpc) is 3.30. The van der Waals surface area contributed by atoms with Crippen molar-refractivity contribution in [2.75, 3.05) is 4.90 Å². The van der Waals surface area contributed by atoms with E-state index in [1.165, 1.54) is 0 Å². The summed E-state index contributed by atoms with van der Waals surface area (Å²) in [6.07, 6.45) is 0. The number of aryl methyl sites for hydroxylation is 1. The third-order valence-corrected chi connectivity index (χ3v) is 8.58. The van der Waals surface area contributed by atoms with Crippen molar-refractivity contribution in [3.8, 4) is 27.9 Å². The van der Waals surface area contributed by atoms with Crippen LogP contribution in [0.15, 0.2) is 66.7 Å². The number of carbonyl (C=O) groups excluding carboxylic acids is 2. The van der Waals surface area contributed by atoms with E-state index in [1.807, 2.05) is 63.2 Å². The quantitative estimate of drug-likeness (QED) is 0.243. The van der Waals surface area contributed by atoms with Gasteiger partial charge in [-0.2, -0.15) is 0 Å². The number of para-hydroxylation sites is 1. The van der Waals surface area contributed by atoms with Gasteiger partial charge in [0, 0.05) is 16.7 Å². The van der Waals surface area contributed by atoms with E-state index in [0.717, 1.165) is 38.4 Å². The minimum absolute atomic E-state index is 0.430. The molecule has 0 spiro atoms. The first-order chi connectivity index (χ1) is 15.8. The van der Waals surface area contributed by atoms with Gasteiger partial charge in [0.2, 0.25) is 0 Å². The van der Waals surface area contributed by atoms with E-state index in [1.54, 1.807) is 16.4 Å². The van der Waals surface area contributed by atoms with Gasteiger partial charge in [0.15, 0.2) is 0 Å². The fourth-order valence-electron chi connectivity index (χ4n) is 5.06. The highest BCUT2D eigenvalue weighted by Crippen LogP contribution is 2.55. The Morgan fingerprint density at radius 1 is 0.848 bits per heavy atom. The molecule has 1 aromatic heterocycles. The van der Waals surface area contributed by atoms with Crippen molar-refractivity contribution in [2.45, 2.75) is 26.3 Å². The molecule has 6 heteroatoms. The molecule has 0 N–H and O–H groups in total. The molecule has 162 valence electrons. The summed E-state index contributed by atoms with van der Waals surface area (Å²) in [5, 5.41) is 0. The molecule has 0 atom stereocenters. The molecule has 3 aromatic carbocycles. The number of anilines is 1. The molecule has 0 saturated heterocycles. The van der Waals surface area contributed by atoms with E-state index in [9.17, 15) is 9.59 Å². The molecule has 33 heavy (non-hydrogen) atoms. The minimum atomic E-state index is -0.695. The Morgan fingerprint density at radius 2 is 1.55 bits per heavy atom. The highest BCUT2D eigenvalue weighted by atomic mass is 32.1. The summed E-state index contributed by atoms with van der Waals surface area (Å²) in [6, 6.07) is 22.4. The molecule has 4 nitrogen and oxygen atoms in total. The second-order valence-electron chi connectivity index (χ2n) is 8.96. The monoisotopic (exact) mass is 468 g/mol. The number of ketones is 1. The SMILES string of the molecule is Cc1ccc2c3c1C(=O)C(=O)N3C(C)(C)c1sn(-c3ccccc3-c3ccccc3)c(=S)c1-2. The maximum Gasteiger partial charge on any atom is 0.300 e. The van der Waals surface area contributed by atoms with Crippen LogP contribution in [0.25, 0.3) is 27.9 Å². The number of amides is 1. The van der Waals surface area contributed by atoms with E-state index in [-0.39, 0.29) is 0 Å². The van der Waals surface area contributed by atoms with Crippen LogP contribution in [0.5, 0.6) is 0 Å². The average molecular weight is 469 g/mol. The number of hydrogen-bond acceptors (Lipinski definition) is 4. The van der Waals surface area contributed by atoms with Crippen LogP contribution in [0, 0.1) is 11.6 Å². The van der Waals surface area contributed by atoms with E-state index in [0.29, 0.717) is 15.9 Å². The molecule has 3 heterocycles. The van der Waals surface area contributed by atoms with E-state index < -0.39 is 17.2 Å². The molecule has 6 rings (SSSR count). The smallest absolute Gasteiger partial charge is 0.294 e. The molecule has 1 amide bonds. The summed E-state index contributed by atoms with van der Waals surface area (Å²) >= 11 is 7.61. The molecule has 2 aliphatic rings. The van der Waals surface area contributed by atoms with Crippen LogP contribution in [0.4, 0.5) is 5.69 Å². The fourth-order valence-corrected chi connectivity index (χ4v) is 6.77. The molecule has 0 unspecified atom stereocenters. The molecule has 0 radical (unpaired) electrons. The maximum atomic E-state index is 13.1. The number of rotatable bonds is 2. The Labute approximate surface area is 200 Å². The van der Waals surface area contributed by atoms with Crippen LogP contribution >= 0.6 is 23.8 Å². The predicted molar refractivity (Wildman–Crippen MR) is 135 cm³/mol. The van der Waals surface area contributed by atoms with Crippen LogP contribution in [-0.4, -0.2) is 15.6 Å². The molecule has 4 aromatic rings. The third kappa shape index (κ3) is 2.59. The summed E-state index contributed by atoms with van der Waals surface area (Å²) in [5.41, 5.74) is 6.34. The second kappa shape index (κ2) is 6.83. The first kappa shape index (κ1) is 20.3. The van der Waals surface area contributed by atoms with Crippen molar-refractivity contribution < 1.29 is 9.59 Å². The van der Waals surface area contributed by atoms with Gasteiger partial charge in [0.25, 0.3) is 11.7 Å². The van der Waals surface area contributed by atoms with Crippen LogP contribution in [-0.2, 0) is 10.3 Å². The predicted octanol–water partition coefficient (Wildman–Crippen LogP) is 6.69. The van der Waals surface area contributed by atoms with Crippen LogP contribution in [0.3, 0.4) is 0 Å².